The van der Waals surface area contributed by atoms with Crippen LogP contribution in [0, 0.1) is 0 Å². The van der Waals surface area contributed by atoms with Crippen LogP contribution in [0.1, 0.15) is 0 Å². The fourth-order valence-electron chi connectivity index (χ4n) is 0.948. The summed E-state index contributed by atoms with van der Waals surface area (Å²) in [6, 6.07) is 0. The van der Waals surface area contributed by atoms with E-state index in [1.54, 1.807) is 7.05 Å². The zero-order valence-corrected chi connectivity index (χ0v) is 14.3. The fraction of sp³-hybridized carbons (Fsp3) is 0.0769. The molecule has 0 atom stereocenters. The van der Waals surface area contributed by atoms with Gasteiger partial charge in [0.15, 0.2) is 0 Å². The van der Waals surface area contributed by atoms with Gasteiger partial charge in [-0.25, -0.2) is 0 Å². The second-order valence-electron chi connectivity index (χ2n) is 3.04. The van der Waals surface area contributed by atoms with Gasteiger partial charge in [0.05, 0.1) is 0 Å². The zero-order valence-electron chi connectivity index (χ0n) is 14.3. The summed E-state index contributed by atoms with van der Waals surface area (Å²) in [6.07, 6.45) is 0. The molecule has 0 fully saturated rings. The smallest absolute Gasteiger partial charge is 0.229 e. The van der Waals surface area contributed by atoms with Crippen molar-refractivity contribution in [1.82, 2.24) is 29.9 Å². The summed E-state index contributed by atoms with van der Waals surface area (Å²) in [5, 5.41) is 2.69. The van der Waals surface area contributed by atoms with Gasteiger partial charge < -0.3 is 34.0 Å². The van der Waals surface area contributed by atoms with Crippen molar-refractivity contribution >= 4 is 35.7 Å². The molecule has 2 heterocycles. The predicted molar refractivity (Wildman–Crippen MR) is 105 cm³/mol. The lowest BCUT2D eigenvalue weighted by Crippen LogP contribution is -2.06. The maximum absolute atomic E-state index is 5.25. The molecule has 0 aromatic carbocycles. The minimum atomic E-state index is 0.0417. The molecular formula is C13H26N12. The summed E-state index contributed by atoms with van der Waals surface area (Å²) in [5.41, 5.74) is 25.9. The zero-order chi connectivity index (χ0) is 20.4. The average molecular weight is 350 g/mol. The van der Waals surface area contributed by atoms with Crippen LogP contribution in [-0.2, 0) is 0 Å². The van der Waals surface area contributed by atoms with Crippen molar-refractivity contribution in [3.8, 4) is 0 Å². The van der Waals surface area contributed by atoms with E-state index in [9.17, 15) is 0 Å². The summed E-state index contributed by atoms with van der Waals surface area (Å²) in [4.78, 5) is 21.5. The molecule has 0 saturated carbocycles. The number of hydrogen-bond donors (Lipinski definition) is 6. The van der Waals surface area contributed by atoms with Crippen molar-refractivity contribution in [2.75, 3.05) is 41.0 Å². The highest BCUT2D eigenvalue weighted by Crippen LogP contribution is 2.01. The van der Waals surface area contributed by atoms with Crippen molar-refractivity contribution in [1.29, 1.82) is 0 Å². The summed E-state index contributed by atoms with van der Waals surface area (Å²) in [6.45, 7) is 18.0. The van der Waals surface area contributed by atoms with Crippen molar-refractivity contribution in [2.24, 2.45) is 0 Å². The van der Waals surface area contributed by atoms with Crippen LogP contribution in [0.15, 0.2) is 39.5 Å². The van der Waals surface area contributed by atoms with Crippen LogP contribution in [0.3, 0.4) is 0 Å². The highest BCUT2D eigenvalue weighted by molar-refractivity contribution is 5.36. The second kappa shape index (κ2) is 16.4. The van der Waals surface area contributed by atoms with Gasteiger partial charge in [0.2, 0.25) is 35.7 Å². The molecule has 138 valence electrons. The van der Waals surface area contributed by atoms with Gasteiger partial charge in [-0.05, 0) is 0 Å². The molecule has 0 amide bonds. The van der Waals surface area contributed by atoms with Gasteiger partial charge in [0, 0.05) is 7.05 Å². The summed E-state index contributed by atoms with van der Waals surface area (Å²) in [7, 11) is 1.67. The van der Waals surface area contributed by atoms with Gasteiger partial charge in [-0.1, -0.05) is 0 Å². The van der Waals surface area contributed by atoms with E-state index in [-0.39, 0.29) is 29.7 Å². The molecule has 2 rings (SSSR count). The number of nitrogens with two attached hydrogens (primary N) is 5. The van der Waals surface area contributed by atoms with Crippen molar-refractivity contribution < 1.29 is 0 Å². The Labute approximate surface area is 147 Å². The minimum Gasteiger partial charge on any atom is -0.368 e. The van der Waals surface area contributed by atoms with E-state index in [0.29, 0.717) is 5.95 Å². The third kappa shape index (κ3) is 13.4. The van der Waals surface area contributed by atoms with Crippen LogP contribution in [0.2, 0.25) is 0 Å². The van der Waals surface area contributed by atoms with E-state index < -0.39 is 0 Å². The molecule has 0 radical (unpaired) electrons. The van der Waals surface area contributed by atoms with Gasteiger partial charge in [-0.15, -0.1) is 39.5 Å². The minimum absolute atomic E-state index is 0.0417. The summed E-state index contributed by atoms with van der Waals surface area (Å²) >= 11 is 0. The van der Waals surface area contributed by atoms with Crippen LogP contribution in [0.25, 0.3) is 0 Å². The Bertz CT molecular complexity index is 528. The first-order valence-corrected chi connectivity index (χ1v) is 6.38. The number of nitrogens with zero attached hydrogens (tertiary/aromatic N) is 6. The van der Waals surface area contributed by atoms with E-state index >= 15 is 0 Å². The van der Waals surface area contributed by atoms with Crippen LogP contribution < -0.4 is 34.0 Å². The van der Waals surface area contributed by atoms with Gasteiger partial charge in [0.25, 0.3) is 0 Å². The molecule has 0 aliphatic rings. The highest BCUT2D eigenvalue weighted by atomic mass is 15.2. The lowest BCUT2D eigenvalue weighted by molar-refractivity contribution is 1.07. The number of aromatic nitrogens is 6. The molecule has 0 aliphatic carbocycles. The molecule has 12 nitrogen and oxygen atoms in total. The molecule has 0 spiro atoms. The van der Waals surface area contributed by atoms with Crippen molar-refractivity contribution in [2.45, 2.75) is 0 Å². The van der Waals surface area contributed by atoms with Gasteiger partial charge >= 0.3 is 0 Å². The molecule has 0 aliphatic heterocycles. The standard InChI is InChI=1S/C4H8N6.C3H6N6.3C2H4/c1-7-4-9-2(5)8-3(6)10-4;4-1-7-2(5)9-3(6)8-1;3*1-2/h1H3,(H5,5,6,7,8,9,10);(H6,4,5,6,7,8,9);3*1-2H2. The van der Waals surface area contributed by atoms with E-state index in [4.69, 9.17) is 28.7 Å². The van der Waals surface area contributed by atoms with Crippen LogP contribution in [0.4, 0.5) is 35.7 Å². The monoisotopic (exact) mass is 350 g/mol. The molecule has 0 saturated heterocycles. The first kappa shape index (κ1) is 26.0. The molecule has 12 heteroatoms. The van der Waals surface area contributed by atoms with Gasteiger partial charge in [0.1, 0.15) is 0 Å². The molecule has 0 unspecified atom stereocenters. The first-order chi connectivity index (χ1) is 11.9. The Morgan fingerprint density at radius 2 is 0.720 bits per heavy atom. The molecule has 2 aromatic heterocycles. The number of nitrogens with one attached hydrogen (secondary N) is 1. The normalized spacial score (nSPS) is 7.56. The maximum Gasteiger partial charge on any atom is 0.229 e. The Morgan fingerprint density at radius 3 is 0.920 bits per heavy atom. The quantitative estimate of drug-likeness (QED) is 0.377. The lowest BCUT2D eigenvalue weighted by Gasteiger charge is -1.98. The van der Waals surface area contributed by atoms with Gasteiger partial charge in [-0.2, -0.15) is 29.9 Å². The van der Waals surface area contributed by atoms with Crippen molar-refractivity contribution in [3.63, 3.8) is 0 Å². The Kier molecular flexibility index (Phi) is 17.0. The first-order valence-electron chi connectivity index (χ1n) is 6.38. The lowest BCUT2D eigenvalue weighted by atomic mass is 10.8. The van der Waals surface area contributed by atoms with Crippen LogP contribution in [0.5, 0.6) is 0 Å². The topological polar surface area (TPSA) is 219 Å². The Morgan fingerprint density at radius 1 is 0.520 bits per heavy atom. The van der Waals surface area contributed by atoms with E-state index in [0.717, 1.165) is 0 Å². The largest absolute Gasteiger partial charge is 0.368 e. The van der Waals surface area contributed by atoms with Crippen molar-refractivity contribution in [3.05, 3.63) is 39.5 Å². The summed E-state index contributed by atoms with van der Waals surface area (Å²) in [5.74, 6) is 0.749. The molecular weight excluding hydrogens is 324 g/mol. The molecule has 25 heavy (non-hydrogen) atoms. The average Bonchev–Trinajstić information content (AvgIpc) is 2.58. The van der Waals surface area contributed by atoms with Gasteiger partial charge in [-0.3, -0.25) is 0 Å². The Balaban J connectivity index is -0.000000299. The number of hydrogen-bond acceptors (Lipinski definition) is 12. The predicted octanol–water partition coefficient (Wildman–Crippen LogP) is 0.103. The van der Waals surface area contributed by atoms with E-state index in [1.165, 1.54) is 0 Å². The number of nitrogen functional groups attached to an aromatic ring is 5. The molecule has 2 aromatic rings. The number of rotatable bonds is 1. The van der Waals surface area contributed by atoms with E-state index in [2.05, 4.69) is 74.7 Å². The SMILES string of the molecule is C=C.C=C.C=C.CNc1nc(N)nc(N)n1.Nc1nc(N)nc(N)n1. The van der Waals surface area contributed by atoms with Crippen LogP contribution in [-0.4, -0.2) is 37.0 Å². The highest BCUT2D eigenvalue weighted by Gasteiger charge is 1.96. The molecule has 11 N–H and O–H groups in total. The third-order valence-electron chi connectivity index (χ3n) is 1.58. The molecule has 0 bridgehead atoms. The number of anilines is 6. The fourth-order valence-corrected chi connectivity index (χ4v) is 0.948. The third-order valence-corrected chi connectivity index (χ3v) is 1.58. The Hall–Kier alpha value is -3.96. The summed E-state index contributed by atoms with van der Waals surface area (Å²) < 4.78 is 0. The second-order valence-corrected chi connectivity index (χ2v) is 3.04. The maximum atomic E-state index is 5.25. The van der Waals surface area contributed by atoms with E-state index in [1.807, 2.05) is 0 Å². The van der Waals surface area contributed by atoms with Crippen LogP contribution >= 0.6 is 0 Å².